The van der Waals surface area contributed by atoms with Crippen LogP contribution in [-0.4, -0.2) is 40.5 Å². The number of likely N-dealkylation sites (tertiary alicyclic amines) is 1. The van der Waals surface area contributed by atoms with Gasteiger partial charge >= 0.3 is 0 Å². The monoisotopic (exact) mass is 256 g/mol. The molecule has 2 rings (SSSR count). The van der Waals surface area contributed by atoms with Gasteiger partial charge in [0.05, 0.1) is 6.54 Å². The molecule has 0 atom stereocenters. The molecule has 1 saturated heterocycles. The highest BCUT2D eigenvalue weighted by molar-refractivity contribution is 5.85. The fourth-order valence-corrected chi connectivity index (χ4v) is 2.14. The summed E-state index contributed by atoms with van der Waals surface area (Å²) in [5, 5.41) is 3.54. The van der Waals surface area contributed by atoms with Gasteiger partial charge in [-0.1, -0.05) is 6.08 Å². The van der Waals surface area contributed by atoms with Gasteiger partial charge in [-0.2, -0.15) is 0 Å². The topological polar surface area (TPSA) is 44.0 Å². The zero-order valence-corrected chi connectivity index (χ0v) is 10.9. The minimum absolute atomic E-state index is 0. The van der Waals surface area contributed by atoms with Crippen molar-refractivity contribution in [3.63, 3.8) is 0 Å². The van der Waals surface area contributed by atoms with Crippen LogP contribution in [0.5, 0.6) is 0 Å². The second-order valence-corrected chi connectivity index (χ2v) is 4.28. The average molecular weight is 257 g/mol. The van der Waals surface area contributed by atoms with Crippen molar-refractivity contribution in [2.24, 2.45) is 0 Å². The lowest BCUT2D eigenvalue weighted by Gasteiger charge is -2.31. The molecule has 96 valence electrons. The summed E-state index contributed by atoms with van der Waals surface area (Å²) < 4.78 is 0. The lowest BCUT2D eigenvalue weighted by molar-refractivity contribution is 0.214. The Morgan fingerprint density at radius 2 is 2.29 bits per heavy atom. The highest BCUT2D eigenvalue weighted by Gasteiger charge is 2.17. The summed E-state index contributed by atoms with van der Waals surface area (Å²) in [4.78, 5) is 9.75. The normalized spacial score (nSPS) is 17.6. The first-order valence-electron chi connectivity index (χ1n) is 5.93. The molecular formula is C12H21ClN4. The van der Waals surface area contributed by atoms with Crippen LogP contribution in [0.25, 0.3) is 0 Å². The first kappa shape index (κ1) is 14.2. The summed E-state index contributed by atoms with van der Waals surface area (Å²) in [5.74, 6) is 1.02. The van der Waals surface area contributed by atoms with Crippen LogP contribution in [0.1, 0.15) is 18.7 Å². The Kier molecular flexibility index (Phi) is 6.26. The third-order valence-electron chi connectivity index (χ3n) is 3.09. The van der Waals surface area contributed by atoms with Crippen molar-refractivity contribution in [2.45, 2.75) is 25.4 Å². The number of aromatic amines is 1. The molecule has 2 N–H and O–H groups in total. The molecule has 0 spiro atoms. The van der Waals surface area contributed by atoms with Crippen LogP contribution in [0.3, 0.4) is 0 Å². The predicted octanol–water partition coefficient (Wildman–Crippen LogP) is 1.57. The summed E-state index contributed by atoms with van der Waals surface area (Å²) in [6, 6.07) is 0.631. The van der Waals surface area contributed by atoms with Gasteiger partial charge in [-0.25, -0.2) is 4.98 Å². The van der Waals surface area contributed by atoms with Crippen LogP contribution in [0.4, 0.5) is 0 Å². The van der Waals surface area contributed by atoms with E-state index in [1.165, 1.54) is 25.9 Å². The summed E-state index contributed by atoms with van der Waals surface area (Å²) >= 11 is 0. The minimum atomic E-state index is 0. The molecule has 17 heavy (non-hydrogen) atoms. The van der Waals surface area contributed by atoms with Crippen LogP contribution in [-0.2, 0) is 6.54 Å². The van der Waals surface area contributed by atoms with E-state index in [9.17, 15) is 0 Å². The number of imidazole rings is 1. The van der Waals surface area contributed by atoms with E-state index in [2.05, 4.69) is 26.8 Å². The van der Waals surface area contributed by atoms with E-state index < -0.39 is 0 Å². The first-order chi connectivity index (χ1) is 7.88. The largest absolute Gasteiger partial charge is 0.348 e. The number of H-pyrrole nitrogens is 1. The van der Waals surface area contributed by atoms with Crippen LogP contribution in [0, 0.1) is 0 Å². The quantitative estimate of drug-likeness (QED) is 0.786. The van der Waals surface area contributed by atoms with Gasteiger partial charge in [-0.15, -0.1) is 19.0 Å². The number of aromatic nitrogens is 2. The Hall–Kier alpha value is -0.840. The molecule has 1 aliphatic heterocycles. The molecule has 4 nitrogen and oxygen atoms in total. The lowest BCUT2D eigenvalue weighted by Crippen LogP contribution is -2.42. The third-order valence-corrected chi connectivity index (χ3v) is 3.09. The molecule has 1 fully saturated rings. The van der Waals surface area contributed by atoms with Gasteiger partial charge in [0.15, 0.2) is 0 Å². The molecule has 0 aromatic carbocycles. The zero-order chi connectivity index (χ0) is 11.2. The molecule has 2 heterocycles. The fourth-order valence-electron chi connectivity index (χ4n) is 2.14. The van der Waals surface area contributed by atoms with Crippen LogP contribution in [0.2, 0.25) is 0 Å². The highest BCUT2D eigenvalue weighted by Crippen LogP contribution is 2.10. The number of rotatable bonds is 5. The van der Waals surface area contributed by atoms with Gasteiger partial charge in [0.2, 0.25) is 0 Å². The molecule has 0 saturated carbocycles. The lowest BCUT2D eigenvalue weighted by atomic mass is 10.1. The van der Waals surface area contributed by atoms with Gasteiger partial charge in [0.1, 0.15) is 5.82 Å². The smallest absolute Gasteiger partial charge is 0.120 e. The number of piperidine rings is 1. The molecule has 0 amide bonds. The van der Waals surface area contributed by atoms with Gasteiger partial charge in [0.25, 0.3) is 0 Å². The summed E-state index contributed by atoms with van der Waals surface area (Å²) in [6.45, 7) is 7.98. The predicted molar refractivity (Wildman–Crippen MR) is 72.3 cm³/mol. The molecule has 0 aliphatic carbocycles. The maximum atomic E-state index is 4.20. The summed E-state index contributed by atoms with van der Waals surface area (Å²) in [7, 11) is 0. The van der Waals surface area contributed by atoms with Crippen molar-refractivity contribution in [3.8, 4) is 0 Å². The Morgan fingerprint density at radius 1 is 1.53 bits per heavy atom. The zero-order valence-electron chi connectivity index (χ0n) is 10.1. The van der Waals surface area contributed by atoms with Crippen molar-refractivity contribution in [3.05, 3.63) is 30.9 Å². The number of halogens is 1. The molecule has 0 unspecified atom stereocenters. The number of hydrogen-bond donors (Lipinski definition) is 2. The van der Waals surface area contributed by atoms with Crippen molar-refractivity contribution in [2.75, 3.05) is 19.6 Å². The van der Waals surface area contributed by atoms with Crippen molar-refractivity contribution in [1.82, 2.24) is 20.2 Å². The molecular weight excluding hydrogens is 236 g/mol. The average Bonchev–Trinajstić information content (AvgIpc) is 2.82. The van der Waals surface area contributed by atoms with E-state index in [1.54, 1.807) is 6.20 Å². The van der Waals surface area contributed by atoms with Crippen LogP contribution < -0.4 is 5.32 Å². The number of nitrogens with zero attached hydrogens (tertiary/aromatic N) is 2. The number of hydrogen-bond acceptors (Lipinski definition) is 3. The molecule has 1 aromatic rings. The molecule has 1 aromatic heterocycles. The Balaban J connectivity index is 0.00000144. The summed E-state index contributed by atoms with van der Waals surface area (Å²) in [5.41, 5.74) is 0. The SMILES string of the molecule is C=CCN1CCC(NCc2ncc[nH]2)CC1.Cl. The Morgan fingerprint density at radius 3 is 2.88 bits per heavy atom. The van der Waals surface area contributed by atoms with E-state index in [0.29, 0.717) is 6.04 Å². The maximum Gasteiger partial charge on any atom is 0.120 e. The molecule has 0 radical (unpaired) electrons. The summed E-state index contributed by atoms with van der Waals surface area (Å²) in [6.07, 6.45) is 8.08. The molecule has 1 aliphatic rings. The highest BCUT2D eigenvalue weighted by atomic mass is 35.5. The van der Waals surface area contributed by atoms with Crippen molar-refractivity contribution < 1.29 is 0 Å². The standard InChI is InChI=1S/C12H20N4.ClH/c1-2-7-16-8-3-11(4-9-16)15-10-12-13-5-6-14-12;/h2,5-6,11,15H,1,3-4,7-10H2,(H,13,14);1H. The van der Waals surface area contributed by atoms with Gasteiger partial charge in [-0.3, -0.25) is 4.90 Å². The third kappa shape index (κ3) is 4.50. The maximum absolute atomic E-state index is 4.20. The minimum Gasteiger partial charge on any atom is -0.348 e. The second kappa shape index (κ2) is 7.48. The van der Waals surface area contributed by atoms with E-state index in [0.717, 1.165) is 18.9 Å². The van der Waals surface area contributed by atoms with Crippen LogP contribution >= 0.6 is 12.4 Å². The van der Waals surface area contributed by atoms with Gasteiger partial charge in [0, 0.05) is 25.0 Å². The molecule has 0 bridgehead atoms. The Bertz CT molecular complexity index is 304. The van der Waals surface area contributed by atoms with E-state index in [-0.39, 0.29) is 12.4 Å². The number of nitrogens with one attached hydrogen (secondary N) is 2. The second-order valence-electron chi connectivity index (χ2n) is 4.28. The van der Waals surface area contributed by atoms with Gasteiger partial charge in [-0.05, 0) is 25.9 Å². The fraction of sp³-hybridized carbons (Fsp3) is 0.583. The van der Waals surface area contributed by atoms with Crippen LogP contribution in [0.15, 0.2) is 25.0 Å². The molecule has 5 heteroatoms. The van der Waals surface area contributed by atoms with Crippen molar-refractivity contribution >= 4 is 12.4 Å². The van der Waals surface area contributed by atoms with Gasteiger partial charge < -0.3 is 10.3 Å². The van der Waals surface area contributed by atoms with E-state index in [4.69, 9.17) is 0 Å². The van der Waals surface area contributed by atoms with E-state index in [1.807, 2.05) is 12.3 Å². The first-order valence-corrected chi connectivity index (χ1v) is 5.93. The Labute approximate surface area is 109 Å². The van der Waals surface area contributed by atoms with E-state index >= 15 is 0 Å². The van der Waals surface area contributed by atoms with Crippen molar-refractivity contribution in [1.29, 1.82) is 0 Å².